The largest absolute Gasteiger partial charge is 0.399 e. The summed E-state index contributed by atoms with van der Waals surface area (Å²) in [6, 6.07) is 8.15. The summed E-state index contributed by atoms with van der Waals surface area (Å²) in [5, 5.41) is 9.96. The lowest BCUT2D eigenvalue weighted by atomic mass is 10.1. The van der Waals surface area contributed by atoms with E-state index >= 15 is 0 Å². The fraction of sp³-hybridized carbons (Fsp3) is 0.200. The summed E-state index contributed by atoms with van der Waals surface area (Å²) in [7, 11) is 0. The Hall–Kier alpha value is -2.99. The molecule has 1 heterocycles. The molecule has 0 aliphatic heterocycles. The average molecular weight is 343 g/mol. The Morgan fingerprint density at radius 3 is 2.62 bits per heavy atom. The molecule has 2 rings (SSSR count). The van der Waals surface area contributed by atoms with Gasteiger partial charge in [-0.05, 0) is 31.4 Å². The summed E-state index contributed by atoms with van der Waals surface area (Å²) < 4.78 is 0. The number of aromatic nitrogens is 2. The predicted molar refractivity (Wildman–Crippen MR) is 94.6 cm³/mol. The highest BCUT2D eigenvalue weighted by atomic mass is 32.2. The normalized spacial score (nSPS) is 11.5. The maximum absolute atomic E-state index is 11.8. The lowest BCUT2D eigenvalue weighted by Gasteiger charge is -2.29. The first kappa shape index (κ1) is 17.4. The fourth-order valence-corrected chi connectivity index (χ4v) is 2.72. The van der Waals surface area contributed by atoms with E-state index in [2.05, 4.69) is 16.0 Å². The van der Waals surface area contributed by atoms with Crippen LogP contribution in [0.25, 0.3) is 0 Å². The van der Waals surface area contributed by atoms with Gasteiger partial charge in [-0.1, -0.05) is 6.07 Å². The zero-order valence-corrected chi connectivity index (χ0v) is 14.0. The van der Waals surface area contributed by atoms with Gasteiger partial charge in [0.2, 0.25) is 11.9 Å². The van der Waals surface area contributed by atoms with Crippen LogP contribution in [0.2, 0.25) is 0 Å². The number of anilines is 4. The van der Waals surface area contributed by atoms with Crippen LogP contribution in [-0.4, -0.2) is 28.2 Å². The molecule has 1 amide bonds. The van der Waals surface area contributed by atoms with E-state index < -0.39 is 11.9 Å². The molecule has 1 aromatic carbocycles. The van der Waals surface area contributed by atoms with Crippen LogP contribution in [-0.2, 0) is 4.79 Å². The molecule has 124 valence electrons. The van der Waals surface area contributed by atoms with Gasteiger partial charge in [0, 0.05) is 11.4 Å². The van der Waals surface area contributed by atoms with Crippen molar-refractivity contribution in [2.75, 3.05) is 22.6 Å². The Balaban J connectivity index is 2.76. The van der Waals surface area contributed by atoms with Crippen LogP contribution in [0.15, 0.2) is 29.3 Å². The Bertz CT molecular complexity index is 818. The summed E-state index contributed by atoms with van der Waals surface area (Å²) in [6.07, 6.45) is 1.77. The number of nitriles is 1. The smallest absolute Gasteiger partial charge is 0.240 e. The Morgan fingerprint density at radius 1 is 1.38 bits per heavy atom. The molecule has 8 nitrogen and oxygen atoms in total. The van der Waals surface area contributed by atoms with Gasteiger partial charge < -0.3 is 22.1 Å². The number of primary amides is 1. The molecule has 0 aliphatic carbocycles. The lowest BCUT2D eigenvalue weighted by molar-refractivity contribution is -0.118. The van der Waals surface area contributed by atoms with E-state index in [0.29, 0.717) is 16.4 Å². The number of rotatable bonds is 5. The Labute approximate surface area is 143 Å². The molecule has 24 heavy (non-hydrogen) atoms. The summed E-state index contributed by atoms with van der Waals surface area (Å²) in [6.45, 7) is 1.61. The minimum atomic E-state index is -0.775. The van der Waals surface area contributed by atoms with Crippen LogP contribution in [0.4, 0.5) is 23.1 Å². The number of hydrogen-bond donors (Lipinski definition) is 3. The highest BCUT2D eigenvalue weighted by molar-refractivity contribution is 7.98. The summed E-state index contributed by atoms with van der Waals surface area (Å²) >= 11 is 1.26. The quantitative estimate of drug-likeness (QED) is 0.417. The van der Waals surface area contributed by atoms with Crippen molar-refractivity contribution in [3.05, 3.63) is 29.8 Å². The van der Waals surface area contributed by atoms with E-state index in [1.54, 1.807) is 37.4 Å². The number of nitrogens with zero attached hydrogens (tertiary/aromatic N) is 4. The second-order valence-corrected chi connectivity index (χ2v) is 5.74. The van der Waals surface area contributed by atoms with Crippen molar-refractivity contribution < 1.29 is 4.79 Å². The molecule has 0 spiro atoms. The van der Waals surface area contributed by atoms with Gasteiger partial charge in [-0.15, -0.1) is 11.8 Å². The number of carbonyl (C=O) groups is 1. The topological polar surface area (TPSA) is 148 Å². The van der Waals surface area contributed by atoms with Crippen molar-refractivity contribution in [1.82, 2.24) is 9.97 Å². The third kappa shape index (κ3) is 3.33. The number of nitrogen functional groups attached to an aromatic ring is 2. The molecule has 1 aromatic heterocycles. The van der Waals surface area contributed by atoms with Crippen molar-refractivity contribution >= 4 is 40.8 Å². The molecule has 0 saturated heterocycles. The zero-order chi connectivity index (χ0) is 17.9. The molecule has 0 bridgehead atoms. The lowest BCUT2D eigenvalue weighted by Crippen LogP contribution is -2.41. The van der Waals surface area contributed by atoms with Gasteiger partial charge in [-0.25, -0.2) is 4.98 Å². The molecule has 0 aliphatic rings. The molecular formula is C15H17N7OS. The van der Waals surface area contributed by atoms with Crippen LogP contribution >= 0.6 is 11.8 Å². The number of carbonyl (C=O) groups excluding carboxylic acids is 1. The number of benzene rings is 1. The number of hydrogen-bond acceptors (Lipinski definition) is 8. The molecule has 0 radical (unpaired) electrons. The van der Waals surface area contributed by atoms with Crippen LogP contribution in [0, 0.1) is 11.3 Å². The van der Waals surface area contributed by atoms with Crippen LogP contribution in [0.5, 0.6) is 0 Å². The minimum Gasteiger partial charge on any atom is -0.399 e. The van der Waals surface area contributed by atoms with Gasteiger partial charge in [-0.2, -0.15) is 10.2 Å². The highest BCUT2D eigenvalue weighted by Crippen LogP contribution is 2.34. The van der Waals surface area contributed by atoms with E-state index in [9.17, 15) is 10.1 Å². The van der Waals surface area contributed by atoms with Gasteiger partial charge in [0.25, 0.3) is 0 Å². The van der Waals surface area contributed by atoms with E-state index in [-0.39, 0.29) is 17.3 Å². The molecule has 1 atom stereocenters. The second kappa shape index (κ2) is 7.06. The molecular weight excluding hydrogens is 326 g/mol. The molecule has 0 saturated carbocycles. The van der Waals surface area contributed by atoms with Crippen molar-refractivity contribution in [1.29, 1.82) is 5.26 Å². The molecule has 0 fully saturated rings. The first-order valence-corrected chi connectivity index (χ1v) is 8.17. The molecule has 0 unspecified atom stereocenters. The second-order valence-electron chi connectivity index (χ2n) is 4.94. The third-order valence-corrected chi connectivity index (χ3v) is 4.04. The average Bonchev–Trinajstić information content (AvgIpc) is 2.54. The summed E-state index contributed by atoms with van der Waals surface area (Å²) in [4.78, 5) is 21.6. The first-order chi connectivity index (χ1) is 11.4. The minimum absolute atomic E-state index is 0.000997. The molecule has 2 aromatic rings. The van der Waals surface area contributed by atoms with Crippen molar-refractivity contribution in [2.45, 2.75) is 18.0 Å². The van der Waals surface area contributed by atoms with Crippen LogP contribution < -0.4 is 22.1 Å². The maximum Gasteiger partial charge on any atom is 0.240 e. The van der Waals surface area contributed by atoms with Crippen molar-refractivity contribution in [2.24, 2.45) is 5.73 Å². The number of nitrogens with two attached hydrogens (primary N) is 3. The first-order valence-electron chi connectivity index (χ1n) is 6.94. The van der Waals surface area contributed by atoms with Crippen molar-refractivity contribution in [3.8, 4) is 6.07 Å². The zero-order valence-electron chi connectivity index (χ0n) is 13.2. The standard InChI is InChI=1S/C15H17N7OS/c1-8(12(18)23)22(10-5-3-4-9(17)6-10)13-11(7-16)14(24-2)21-15(19)20-13/h3-6,8H,17H2,1-2H3,(H2,18,23)(H2,19,20,21)/t8-/m0/s1. The predicted octanol–water partition coefficient (Wildman–Crippen LogP) is 1.25. The van der Waals surface area contributed by atoms with E-state index in [1.165, 1.54) is 16.7 Å². The summed E-state index contributed by atoms with van der Waals surface area (Å²) in [5.74, 6) is -0.366. The van der Waals surface area contributed by atoms with Crippen LogP contribution in [0.1, 0.15) is 12.5 Å². The van der Waals surface area contributed by atoms with Crippen LogP contribution in [0.3, 0.4) is 0 Å². The Morgan fingerprint density at radius 2 is 2.08 bits per heavy atom. The maximum atomic E-state index is 11.8. The van der Waals surface area contributed by atoms with Gasteiger partial charge in [-0.3, -0.25) is 4.79 Å². The third-order valence-electron chi connectivity index (χ3n) is 3.35. The van der Waals surface area contributed by atoms with E-state index in [4.69, 9.17) is 17.2 Å². The van der Waals surface area contributed by atoms with Gasteiger partial charge in [0.05, 0.1) is 0 Å². The van der Waals surface area contributed by atoms with Gasteiger partial charge >= 0.3 is 0 Å². The number of thioether (sulfide) groups is 1. The van der Waals surface area contributed by atoms with Gasteiger partial charge in [0.1, 0.15) is 22.7 Å². The SMILES string of the molecule is CSc1nc(N)nc(N(c2cccc(N)c2)[C@@H](C)C(N)=O)c1C#N. The fourth-order valence-electron chi connectivity index (χ4n) is 2.20. The van der Waals surface area contributed by atoms with E-state index in [0.717, 1.165) is 0 Å². The summed E-state index contributed by atoms with van der Waals surface area (Å²) in [5.41, 5.74) is 18.4. The van der Waals surface area contributed by atoms with Gasteiger partial charge in [0.15, 0.2) is 5.82 Å². The monoisotopic (exact) mass is 343 g/mol. The molecule has 9 heteroatoms. The van der Waals surface area contributed by atoms with E-state index in [1.807, 2.05) is 0 Å². The van der Waals surface area contributed by atoms with Crippen molar-refractivity contribution in [3.63, 3.8) is 0 Å². The Kier molecular flexibility index (Phi) is 5.11. The number of amides is 1. The molecule has 6 N–H and O–H groups in total. The highest BCUT2D eigenvalue weighted by Gasteiger charge is 2.27.